The van der Waals surface area contributed by atoms with Crippen molar-refractivity contribution in [2.45, 2.75) is 51.1 Å². The number of benzene rings is 1. The van der Waals surface area contributed by atoms with Crippen molar-refractivity contribution in [1.82, 2.24) is 10.6 Å². The van der Waals surface area contributed by atoms with Crippen molar-refractivity contribution in [3.63, 3.8) is 0 Å². The highest BCUT2D eigenvalue weighted by molar-refractivity contribution is 5.78. The summed E-state index contributed by atoms with van der Waals surface area (Å²) in [7, 11) is 0. The highest BCUT2D eigenvalue weighted by atomic mass is 19.1. The summed E-state index contributed by atoms with van der Waals surface area (Å²) in [5, 5.41) is 6.25. The van der Waals surface area contributed by atoms with E-state index in [0.717, 1.165) is 18.4 Å². The average molecular weight is 278 g/mol. The van der Waals surface area contributed by atoms with E-state index >= 15 is 0 Å². The first-order chi connectivity index (χ1) is 9.65. The van der Waals surface area contributed by atoms with Crippen LogP contribution in [0.15, 0.2) is 24.3 Å². The van der Waals surface area contributed by atoms with Crippen LogP contribution < -0.4 is 10.6 Å². The van der Waals surface area contributed by atoms with Crippen LogP contribution in [0.25, 0.3) is 0 Å². The summed E-state index contributed by atoms with van der Waals surface area (Å²) in [5.74, 6) is -0.193. The summed E-state index contributed by atoms with van der Waals surface area (Å²) in [6.45, 7) is 2.27. The molecule has 1 saturated carbocycles. The van der Waals surface area contributed by atoms with Gasteiger partial charge in [-0.3, -0.25) is 4.79 Å². The van der Waals surface area contributed by atoms with Gasteiger partial charge in [-0.05, 0) is 37.5 Å². The van der Waals surface area contributed by atoms with E-state index in [-0.39, 0.29) is 17.8 Å². The maximum Gasteiger partial charge on any atom is 0.234 e. The van der Waals surface area contributed by atoms with Crippen molar-refractivity contribution >= 4 is 5.91 Å². The van der Waals surface area contributed by atoms with Crippen LogP contribution in [0, 0.1) is 5.82 Å². The Morgan fingerprint density at radius 2 is 1.90 bits per heavy atom. The van der Waals surface area contributed by atoms with Crippen LogP contribution in [0.5, 0.6) is 0 Å². The summed E-state index contributed by atoms with van der Waals surface area (Å²) >= 11 is 0. The van der Waals surface area contributed by atoms with Gasteiger partial charge in [0.1, 0.15) is 5.82 Å². The van der Waals surface area contributed by atoms with Crippen LogP contribution in [0.3, 0.4) is 0 Å². The topological polar surface area (TPSA) is 41.1 Å². The van der Waals surface area contributed by atoms with Gasteiger partial charge in [-0.2, -0.15) is 0 Å². The lowest BCUT2D eigenvalue weighted by Crippen LogP contribution is -2.41. The SMILES string of the molecule is CC(NCC(=O)NC1CCCCC1)c1ccc(F)cc1. The zero-order chi connectivity index (χ0) is 14.4. The van der Waals surface area contributed by atoms with Gasteiger partial charge < -0.3 is 10.6 Å². The predicted octanol–water partition coefficient (Wildman–Crippen LogP) is 2.93. The van der Waals surface area contributed by atoms with Crippen LogP contribution in [0.4, 0.5) is 4.39 Å². The van der Waals surface area contributed by atoms with Gasteiger partial charge in [-0.25, -0.2) is 4.39 Å². The van der Waals surface area contributed by atoms with E-state index in [2.05, 4.69) is 10.6 Å². The second-order valence-corrected chi connectivity index (χ2v) is 5.56. The zero-order valence-corrected chi connectivity index (χ0v) is 12.0. The van der Waals surface area contributed by atoms with Crippen molar-refractivity contribution in [2.24, 2.45) is 0 Å². The molecule has 110 valence electrons. The fourth-order valence-electron chi connectivity index (χ4n) is 2.64. The predicted molar refractivity (Wildman–Crippen MR) is 77.8 cm³/mol. The minimum atomic E-state index is -0.240. The lowest BCUT2D eigenvalue weighted by Gasteiger charge is -2.23. The smallest absolute Gasteiger partial charge is 0.234 e. The van der Waals surface area contributed by atoms with Gasteiger partial charge in [0.05, 0.1) is 6.54 Å². The van der Waals surface area contributed by atoms with Crippen molar-refractivity contribution < 1.29 is 9.18 Å². The Morgan fingerprint density at radius 1 is 1.25 bits per heavy atom. The standard InChI is InChI=1S/C16H23FN2O/c1-12(13-7-9-14(17)10-8-13)18-11-16(20)19-15-5-3-2-4-6-15/h7-10,12,15,18H,2-6,11H2,1H3,(H,19,20). The minimum absolute atomic E-state index is 0.0349. The van der Waals surface area contributed by atoms with Gasteiger partial charge in [0.2, 0.25) is 5.91 Å². The van der Waals surface area contributed by atoms with E-state index in [0.29, 0.717) is 12.6 Å². The number of halogens is 1. The molecule has 20 heavy (non-hydrogen) atoms. The van der Waals surface area contributed by atoms with E-state index in [4.69, 9.17) is 0 Å². The molecule has 1 atom stereocenters. The molecule has 1 unspecified atom stereocenters. The third-order valence-corrected chi connectivity index (χ3v) is 3.91. The van der Waals surface area contributed by atoms with Crippen LogP contribution in [0.2, 0.25) is 0 Å². The quantitative estimate of drug-likeness (QED) is 0.869. The highest BCUT2D eigenvalue weighted by Crippen LogP contribution is 2.17. The number of hydrogen-bond acceptors (Lipinski definition) is 2. The van der Waals surface area contributed by atoms with Crippen LogP contribution in [-0.2, 0) is 4.79 Å². The molecule has 0 spiro atoms. The summed E-state index contributed by atoms with van der Waals surface area (Å²) < 4.78 is 12.8. The van der Waals surface area contributed by atoms with Crippen molar-refractivity contribution in [2.75, 3.05) is 6.54 Å². The lowest BCUT2D eigenvalue weighted by atomic mass is 9.95. The molecule has 3 nitrogen and oxygen atoms in total. The Morgan fingerprint density at radius 3 is 2.55 bits per heavy atom. The van der Waals surface area contributed by atoms with Gasteiger partial charge in [0, 0.05) is 12.1 Å². The molecule has 1 aliphatic rings. The summed E-state index contributed by atoms with van der Waals surface area (Å²) in [6.07, 6.45) is 5.90. The molecule has 2 N–H and O–H groups in total. The monoisotopic (exact) mass is 278 g/mol. The molecule has 0 bridgehead atoms. The van der Waals surface area contributed by atoms with Gasteiger partial charge >= 0.3 is 0 Å². The number of rotatable bonds is 5. The largest absolute Gasteiger partial charge is 0.352 e. The molecule has 4 heteroatoms. The Labute approximate surface area is 120 Å². The van der Waals surface area contributed by atoms with Gasteiger partial charge in [0.15, 0.2) is 0 Å². The Balaban J connectivity index is 1.73. The highest BCUT2D eigenvalue weighted by Gasteiger charge is 2.16. The second kappa shape index (κ2) is 7.39. The molecule has 0 radical (unpaired) electrons. The summed E-state index contributed by atoms with van der Waals surface area (Å²) in [6, 6.07) is 6.75. The Kier molecular flexibility index (Phi) is 5.53. The number of nitrogens with one attached hydrogen (secondary N) is 2. The third-order valence-electron chi connectivity index (χ3n) is 3.91. The second-order valence-electron chi connectivity index (χ2n) is 5.56. The average Bonchev–Trinajstić information content (AvgIpc) is 2.46. The molecule has 0 saturated heterocycles. The summed E-state index contributed by atoms with van der Waals surface area (Å²) in [4.78, 5) is 11.9. The molecular weight excluding hydrogens is 255 g/mol. The number of carbonyl (C=O) groups excluding carboxylic acids is 1. The van der Waals surface area contributed by atoms with Crippen molar-refractivity contribution in [3.05, 3.63) is 35.6 Å². The van der Waals surface area contributed by atoms with Gasteiger partial charge in [-0.1, -0.05) is 31.4 Å². The van der Waals surface area contributed by atoms with Crippen LogP contribution in [-0.4, -0.2) is 18.5 Å². The zero-order valence-electron chi connectivity index (χ0n) is 12.0. The lowest BCUT2D eigenvalue weighted by molar-refractivity contribution is -0.121. The van der Waals surface area contributed by atoms with Crippen molar-refractivity contribution in [1.29, 1.82) is 0 Å². The molecule has 1 fully saturated rings. The van der Waals surface area contributed by atoms with E-state index < -0.39 is 0 Å². The van der Waals surface area contributed by atoms with Crippen LogP contribution >= 0.6 is 0 Å². The molecule has 1 aromatic carbocycles. The summed E-state index contributed by atoms with van der Waals surface area (Å²) in [5.41, 5.74) is 0.983. The van der Waals surface area contributed by atoms with Gasteiger partial charge in [0.25, 0.3) is 0 Å². The minimum Gasteiger partial charge on any atom is -0.352 e. The fourth-order valence-corrected chi connectivity index (χ4v) is 2.64. The maximum atomic E-state index is 12.8. The molecule has 1 amide bonds. The van der Waals surface area contributed by atoms with E-state index in [1.165, 1.54) is 31.4 Å². The fraction of sp³-hybridized carbons (Fsp3) is 0.562. The maximum absolute atomic E-state index is 12.8. The molecule has 0 aromatic heterocycles. The number of amides is 1. The molecule has 2 rings (SSSR count). The normalized spacial score (nSPS) is 17.7. The molecule has 1 aliphatic carbocycles. The number of hydrogen-bond donors (Lipinski definition) is 2. The molecule has 1 aromatic rings. The first-order valence-electron chi connectivity index (χ1n) is 7.43. The molecule has 0 heterocycles. The third kappa shape index (κ3) is 4.60. The molecule has 0 aliphatic heterocycles. The Hall–Kier alpha value is -1.42. The van der Waals surface area contributed by atoms with Crippen LogP contribution in [0.1, 0.15) is 50.6 Å². The first kappa shape index (κ1) is 15.0. The van der Waals surface area contributed by atoms with Crippen molar-refractivity contribution in [3.8, 4) is 0 Å². The number of carbonyl (C=O) groups is 1. The van der Waals surface area contributed by atoms with E-state index in [1.807, 2.05) is 6.92 Å². The van der Waals surface area contributed by atoms with Gasteiger partial charge in [-0.15, -0.1) is 0 Å². The van der Waals surface area contributed by atoms with E-state index in [9.17, 15) is 9.18 Å². The van der Waals surface area contributed by atoms with E-state index in [1.54, 1.807) is 12.1 Å². The Bertz CT molecular complexity index is 427. The molecular formula is C16H23FN2O. The first-order valence-corrected chi connectivity index (χ1v) is 7.43.